The Kier molecular flexibility index (Phi) is 4.24. The first kappa shape index (κ1) is 15.0. The zero-order chi connectivity index (χ0) is 16.2. The molecular weight excluding hydrogens is 292 g/mol. The third kappa shape index (κ3) is 3.31. The van der Waals surface area contributed by atoms with Crippen molar-refractivity contribution in [3.8, 4) is 6.07 Å². The number of hydrogen-bond acceptors (Lipinski definition) is 5. The van der Waals surface area contributed by atoms with Crippen LogP contribution in [0.5, 0.6) is 0 Å². The Hall–Kier alpha value is -2.88. The summed E-state index contributed by atoms with van der Waals surface area (Å²) in [5.41, 5.74) is 0.982. The fourth-order valence-corrected chi connectivity index (χ4v) is 2.84. The van der Waals surface area contributed by atoms with Crippen LogP contribution in [0.2, 0.25) is 0 Å². The molecule has 1 amide bonds. The van der Waals surface area contributed by atoms with Gasteiger partial charge in [-0.15, -0.1) is 0 Å². The second-order valence-corrected chi connectivity index (χ2v) is 5.64. The zero-order valence-corrected chi connectivity index (χ0v) is 12.9. The minimum atomic E-state index is -0.158. The van der Waals surface area contributed by atoms with Gasteiger partial charge in [0.05, 0.1) is 5.56 Å². The molecule has 7 heteroatoms. The van der Waals surface area contributed by atoms with Crippen LogP contribution in [-0.4, -0.2) is 39.6 Å². The van der Waals surface area contributed by atoms with Crippen LogP contribution in [0.25, 0.3) is 0 Å². The predicted molar refractivity (Wildman–Crippen MR) is 84.9 cm³/mol. The largest absolute Gasteiger partial charge is 0.346 e. The van der Waals surface area contributed by atoms with Gasteiger partial charge in [0.25, 0.3) is 5.91 Å². The molecule has 23 heavy (non-hydrogen) atoms. The minimum absolute atomic E-state index is 0.0421. The monoisotopic (exact) mass is 310 g/mol. The maximum atomic E-state index is 12.4. The molecule has 1 saturated heterocycles. The quantitative estimate of drug-likeness (QED) is 0.917. The van der Waals surface area contributed by atoms with Crippen LogP contribution in [-0.2, 0) is 7.05 Å². The van der Waals surface area contributed by atoms with Crippen LogP contribution in [0.15, 0.2) is 30.7 Å². The van der Waals surface area contributed by atoms with Gasteiger partial charge in [-0.25, -0.2) is 9.97 Å². The molecule has 1 atom stereocenters. The highest BCUT2D eigenvalue weighted by Gasteiger charge is 2.24. The van der Waals surface area contributed by atoms with Crippen molar-refractivity contribution in [2.45, 2.75) is 18.9 Å². The third-order valence-electron chi connectivity index (χ3n) is 3.96. The number of aryl methyl sites for hydroxylation is 1. The summed E-state index contributed by atoms with van der Waals surface area (Å²) < 4.78 is 1.68. The van der Waals surface area contributed by atoms with E-state index in [1.54, 1.807) is 42.3 Å². The molecule has 2 aromatic heterocycles. The van der Waals surface area contributed by atoms with E-state index in [0.29, 0.717) is 23.8 Å². The Morgan fingerprint density at radius 2 is 2.22 bits per heavy atom. The molecule has 1 aliphatic heterocycles. The first-order valence-electron chi connectivity index (χ1n) is 7.56. The molecule has 3 rings (SSSR count). The standard InChI is InChI=1S/C16H18N6O/c1-21-10-12(9-17)8-14(21)15(23)20-13-4-2-7-22(11-13)16-18-5-3-6-19-16/h3,5-6,8,10,13H,2,4,7,11H2,1H3,(H,20,23). The normalized spacial score (nSPS) is 17.6. The maximum Gasteiger partial charge on any atom is 0.268 e. The lowest BCUT2D eigenvalue weighted by Gasteiger charge is -2.33. The summed E-state index contributed by atoms with van der Waals surface area (Å²) in [7, 11) is 1.76. The molecule has 0 saturated carbocycles. The molecule has 0 radical (unpaired) electrons. The van der Waals surface area contributed by atoms with Gasteiger partial charge in [-0.05, 0) is 25.0 Å². The van der Waals surface area contributed by atoms with Crippen LogP contribution >= 0.6 is 0 Å². The number of amides is 1. The Morgan fingerprint density at radius 1 is 1.43 bits per heavy atom. The lowest BCUT2D eigenvalue weighted by molar-refractivity contribution is 0.0925. The maximum absolute atomic E-state index is 12.4. The van der Waals surface area contributed by atoms with Gasteiger partial charge in [-0.2, -0.15) is 5.26 Å². The van der Waals surface area contributed by atoms with E-state index < -0.39 is 0 Å². The number of anilines is 1. The summed E-state index contributed by atoms with van der Waals surface area (Å²) in [6.45, 7) is 1.57. The van der Waals surface area contributed by atoms with Gasteiger partial charge >= 0.3 is 0 Å². The van der Waals surface area contributed by atoms with Gasteiger partial charge in [0.2, 0.25) is 5.95 Å². The van der Waals surface area contributed by atoms with E-state index in [0.717, 1.165) is 19.4 Å². The van der Waals surface area contributed by atoms with E-state index in [-0.39, 0.29) is 11.9 Å². The van der Waals surface area contributed by atoms with Crippen molar-refractivity contribution < 1.29 is 4.79 Å². The average molecular weight is 310 g/mol. The number of carbonyl (C=O) groups is 1. The van der Waals surface area contributed by atoms with Crippen LogP contribution in [0, 0.1) is 11.3 Å². The molecular formula is C16H18N6O. The van der Waals surface area contributed by atoms with Crippen molar-refractivity contribution in [2.24, 2.45) is 7.05 Å². The molecule has 1 fully saturated rings. The fourth-order valence-electron chi connectivity index (χ4n) is 2.84. The summed E-state index contributed by atoms with van der Waals surface area (Å²) in [4.78, 5) is 23.0. The molecule has 1 unspecified atom stereocenters. The smallest absolute Gasteiger partial charge is 0.268 e. The molecule has 0 aliphatic carbocycles. The summed E-state index contributed by atoms with van der Waals surface area (Å²) in [6, 6.07) is 5.49. The highest BCUT2D eigenvalue weighted by molar-refractivity contribution is 5.93. The highest BCUT2D eigenvalue weighted by Crippen LogP contribution is 2.16. The van der Waals surface area contributed by atoms with Crippen molar-refractivity contribution in [2.75, 3.05) is 18.0 Å². The number of nitriles is 1. The van der Waals surface area contributed by atoms with Crippen molar-refractivity contribution in [3.05, 3.63) is 42.0 Å². The summed E-state index contributed by atoms with van der Waals surface area (Å²) in [5.74, 6) is 0.534. The van der Waals surface area contributed by atoms with Gasteiger partial charge < -0.3 is 14.8 Å². The Morgan fingerprint density at radius 3 is 2.91 bits per heavy atom. The molecule has 118 valence electrons. The topological polar surface area (TPSA) is 86.8 Å². The van der Waals surface area contributed by atoms with Crippen LogP contribution in [0.3, 0.4) is 0 Å². The van der Waals surface area contributed by atoms with Crippen molar-refractivity contribution in [3.63, 3.8) is 0 Å². The predicted octanol–water partition coefficient (Wildman–Crippen LogP) is 1.09. The molecule has 2 aromatic rings. The van der Waals surface area contributed by atoms with Crippen molar-refractivity contribution in [1.29, 1.82) is 5.26 Å². The molecule has 1 aliphatic rings. The lowest BCUT2D eigenvalue weighted by Crippen LogP contribution is -2.48. The zero-order valence-electron chi connectivity index (χ0n) is 12.9. The van der Waals surface area contributed by atoms with Crippen molar-refractivity contribution >= 4 is 11.9 Å². The number of hydrogen-bond donors (Lipinski definition) is 1. The first-order chi connectivity index (χ1) is 11.2. The van der Waals surface area contributed by atoms with Crippen LogP contribution in [0.4, 0.5) is 5.95 Å². The summed E-state index contributed by atoms with van der Waals surface area (Å²) in [6.07, 6.45) is 6.99. The first-order valence-corrected chi connectivity index (χ1v) is 7.56. The molecule has 0 aromatic carbocycles. The fraction of sp³-hybridized carbons (Fsp3) is 0.375. The van der Waals surface area contributed by atoms with Crippen LogP contribution in [0.1, 0.15) is 28.9 Å². The van der Waals surface area contributed by atoms with E-state index in [9.17, 15) is 4.79 Å². The number of aromatic nitrogens is 3. The van der Waals surface area contributed by atoms with Gasteiger partial charge in [-0.1, -0.05) is 0 Å². The summed E-state index contributed by atoms with van der Waals surface area (Å²) in [5, 5.41) is 12.0. The second kappa shape index (κ2) is 6.48. The average Bonchev–Trinajstić information content (AvgIpc) is 2.97. The Labute approximate surface area is 134 Å². The van der Waals surface area contributed by atoms with Gasteiger partial charge in [0, 0.05) is 44.8 Å². The second-order valence-electron chi connectivity index (χ2n) is 5.64. The number of carbonyl (C=O) groups excluding carboxylic acids is 1. The molecule has 0 bridgehead atoms. The highest BCUT2D eigenvalue weighted by atomic mass is 16.2. The SMILES string of the molecule is Cn1cc(C#N)cc1C(=O)NC1CCCN(c2ncccn2)C1. The van der Waals surface area contributed by atoms with Gasteiger partial charge in [-0.3, -0.25) is 4.79 Å². The van der Waals surface area contributed by atoms with Gasteiger partial charge in [0.1, 0.15) is 11.8 Å². The molecule has 0 spiro atoms. The Balaban J connectivity index is 1.67. The van der Waals surface area contributed by atoms with Gasteiger partial charge in [0.15, 0.2) is 0 Å². The number of piperidine rings is 1. The molecule has 3 heterocycles. The summed E-state index contributed by atoms with van der Waals surface area (Å²) >= 11 is 0. The Bertz CT molecular complexity index is 733. The molecule has 1 N–H and O–H groups in total. The number of nitrogens with one attached hydrogen (secondary N) is 1. The van der Waals surface area contributed by atoms with E-state index in [1.165, 1.54) is 0 Å². The van der Waals surface area contributed by atoms with Crippen molar-refractivity contribution in [1.82, 2.24) is 19.9 Å². The minimum Gasteiger partial charge on any atom is -0.346 e. The van der Waals surface area contributed by atoms with Crippen LogP contribution < -0.4 is 10.2 Å². The molecule has 7 nitrogen and oxygen atoms in total. The van der Waals surface area contributed by atoms with E-state index in [1.807, 2.05) is 6.07 Å². The number of rotatable bonds is 3. The third-order valence-corrected chi connectivity index (χ3v) is 3.96. The van der Waals surface area contributed by atoms with E-state index in [4.69, 9.17) is 5.26 Å². The van der Waals surface area contributed by atoms with E-state index in [2.05, 4.69) is 20.2 Å². The lowest BCUT2D eigenvalue weighted by atomic mass is 10.1. The van der Waals surface area contributed by atoms with E-state index >= 15 is 0 Å². The number of nitrogens with zero attached hydrogens (tertiary/aromatic N) is 5.